The largest absolute Gasteiger partial charge is 0.350 e. The number of hydrogen-bond donors (Lipinski definition) is 1. The van der Waals surface area contributed by atoms with Crippen LogP contribution in [0.3, 0.4) is 0 Å². The summed E-state index contributed by atoms with van der Waals surface area (Å²) < 4.78 is 0. The molecule has 1 aliphatic heterocycles. The average molecular weight is 226 g/mol. The van der Waals surface area contributed by atoms with Crippen molar-refractivity contribution in [1.82, 2.24) is 10.2 Å². The summed E-state index contributed by atoms with van der Waals surface area (Å²) in [7, 11) is 0. The van der Waals surface area contributed by atoms with E-state index in [4.69, 9.17) is 0 Å². The van der Waals surface area contributed by atoms with Crippen LogP contribution in [0, 0.1) is 0 Å². The topological polar surface area (TPSA) is 49.4 Å². The zero-order valence-electron chi connectivity index (χ0n) is 10.7. The summed E-state index contributed by atoms with van der Waals surface area (Å²) in [6, 6.07) is -0.146. The van der Waals surface area contributed by atoms with Crippen molar-refractivity contribution in [2.75, 3.05) is 13.1 Å². The standard InChI is InChI=1S/C12H22N2O2/c1-9(11(16)13-12(2,3)4)14-7-5-10(15)6-8-14/h9H,5-8H2,1-4H3,(H,13,16). The van der Waals surface area contributed by atoms with Gasteiger partial charge in [0.25, 0.3) is 0 Å². The summed E-state index contributed by atoms with van der Waals surface area (Å²) in [4.78, 5) is 25.1. The van der Waals surface area contributed by atoms with Crippen molar-refractivity contribution in [2.24, 2.45) is 0 Å². The van der Waals surface area contributed by atoms with Crippen LogP contribution in [0.2, 0.25) is 0 Å². The highest BCUT2D eigenvalue weighted by Gasteiger charge is 2.27. The molecule has 1 saturated heterocycles. The molecule has 1 amide bonds. The second-order valence-corrected chi connectivity index (χ2v) is 5.49. The van der Waals surface area contributed by atoms with Crippen molar-refractivity contribution in [3.63, 3.8) is 0 Å². The summed E-state index contributed by atoms with van der Waals surface area (Å²) in [5.74, 6) is 0.349. The molecule has 0 bridgehead atoms. The molecule has 0 aromatic carbocycles. The number of ketones is 1. The number of piperidine rings is 1. The van der Waals surface area contributed by atoms with E-state index in [1.54, 1.807) is 0 Å². The Kier molecular flexibility index (Phi) is 4.08. The number of amides is 1. The SMILES string of the molecule is CC(C(=O)NC(C)(C)C)N1CCC(=O)CC1. The summed E-state index contributed by atoms with van der Waals surface area (Å²) in [5.41, 5.74) is -0.197. The van der Waals surface area contributed by atoms with E-state index < -0.39 is 0 Å². The Labute approximate surface area is 97.4 Å². The predicted octanol–water partition coefficient (Wildman–Crippen LogP) is 0.954. The first-order chi connectivity index (χ1) is 7.29. The van der Waals surface area contributed by atoms with Gasteiger partial charge in [0.05, 0.1) is 6.04 Å². The van der Waals surface area contributed by atoms with Gasteiger partial charge in [0.1, 0.15) is 5.78 Å². The van der Waals surface area contributed by atoms with Gasteiger partial charge in [-0.3, -0.25) is 14.5 Å². The molecule has 0 aromatic heterocycles. The molecule has 1 fully saturated rings. The Morgan fingerprint density at radius 2 is 1.81 bits per heavy atom. The van der Waals surface area contributed by atoms with E-state index in [2.05, 4.69) is 10.2 Å². The summed E-state index contributed by atoms with van der Waals surface area (Å²) in [5, 5.41) is 2.96. The molecule has 1 atom stereocenters. The third kappa shape index (κ3) is 3.93. The number of nitrogens with one attached hydrogen (secondary N) is 1. The highest BCUT2D eigenvalue weighted by Crippen LogP contribution is 2.11. The number of carbonyl (C=O) groups is 2. The fraction of sp³-hybridized carbons (Fsp3) is 0.833. The maximum atomic E-state index is 11.9. The molecule has 1 aliphatic rings. The predicted molar refractivity (Wildman–Crippen MR) is 63.2 cm³/mol. The number of Topliss-reactive ketones (excluding diaryl/α,β-unsaturated/α-hetero) is 1. The number of likely N-dealkylation sites (tertiary alicyclic amines) is 1. The van der Waals surface area contributed by atoms with E-state index in [9.17, 15) is 9.59 Å². The van der Waals surface area contributed by atoms with Crippen molar-refractivity contribution in [3.05, 3.63) is 0 Å². The van der Waals surface area contributed by atoms with Crippen LogP contribution in [0.4, 0.5) is 0 Å². The Bertz CT molecular complexity index is 271. The van der Waals surface area contributed by atoms with Crippen molar-refractivity contribution in [2.45, 2.75) is 52.1 Å². The second kappa shape index (κ2) is 4.95. The van der Waals surface area contributed by atoms with Crippen LogP contribution >= 0.6 is 0 Å². The maximum Gasteiger partial charge on any atom is 0.237 e. The number of hydrogen-bond acceptors (Lipinski definition) is 3. The van der Waals surface area contributed by atoms with Crippen LogP contribution in [0.5, 0.6) is 0 Å². The molecule has 1 rings (SSSR count). The molecule has 0 aliphatic carbocycles. The Balaban J connectivity index is 2.47. The Morgan fingerprint density at radius 3 is 2.25 bits per heavy atom. The first kappa shape index (κ1) is 13.2. The van der Waals surface area contributed by atoms with Gasteiger partial charge < -0.3 is 5.32 Å². The van der Waals surface area contributed by atoms with Crippen molar-refractivity contribution < 1.29 is 9.59 Å². The van der Waals surface area contributed by atoms with E-state index >= 15 is 0 Å². The fourth-order valence-electron chi connectivity index (χ4n) is 1.80. The van der Waals surface area contributed by atoms with Gasteiger partial charge in [-0.15, -0.1) is 0 Å². The van der Waals surface area contributed by atoms with Gasteiger partial charge in [-0.05, 0) is 27.7 Å². The smallest absolute Gasteiger partial charge is 0.237 e. The number of carbonyl (C=O) groups excluding carboxylic acids is 2. The van der Waals surface area contributed by atoms with Crippen LogP contribution in [-0.2, 0) is 9.59 Å². The quantitative estimate of drug-likeness (QED) is 0.763. The van der Waals surface area contributed by atoms with Crippen molar-refractivity contribution in [3.8, 4) is 0 Å². The van der Waals surface area contributed by atoms with Gasteiger partial charge in [0, 0.05) is 31.5 Å². The maximum absolute atomic E-state index is 11.9. The van der Waals surface area contributed by atoms with Gasteiger partial charge in [-0.1, -0.05) is 0 Å². The minimum absolute atomic E-state index is 0.0434. The van der Waals surface area contributed by atoms with Gasteiger partial charge in [0.15, 0.2) is 0 Å². The van der Waals surface area contributed by atoms with Crippen LogP contribution in [-0.4, -0.2) is 41.3 Å². The minimum Gasteiger partial charge on any atom is -0.350 e. The zero-order chi connectivity index (χ0) is 12.3. The molecule has 4 nitrogen and oxygen atoms in total. The molecular weight excluding hydrogens is 204 g/mol. The highest BCUT2D eigenvalue weighted by atomic mass is 16.2. The molecule has 0 spiro atoms. The molecular formula is C12H22N2O2. The normalized spacial score (nSPS) is 20.6. The molecule has 1 unspecified atom stereocenters. The van der Waals surface area contributed by atoms with E-state index in [0.29, 0.717) is 31.7 Å². The van der Waals surface area contributed by atoms with Gasteiger partial charge in [-0.25, -0.2) is 0 Å². The van der Waals surface area contributed by atoms with Crippen LogP contribution in [0.15, 0.2) is 0 Å². The van der Waals surface area contributed by atoms with E-state index in [-0.39, 0.29) is 17.5 Å². The lowest BCUT2D eigenvalue weighted by molar-refractivity contribution is -0.130. The third-order valence-electron chi connectivity index (χ3n) is 2.78. The minimum atomic E-state index is -0.197. The lowest BCUT2D eigenvalue weighted by atomic mass is 10.1. The summed E-state index contributed by atoms with van der Waals surface area (Å²) in [6.45, 7) is 9.22. The first-order valence-electron chi connectivity index (χ1n) is 5.87. The van der Waals surface area contributed by atoms with Crippen molar-refractivity contribution >= 4 is 11.7 Å². The Hall–Kier alpha value is -0.900. The highest BCUT2D eigenvalue weighted by molar-refractivity contribution is 5.83. The van der Waals surface area contributed by atoms with Crippen molar-refractivity contribution in [1.29, 1.82) is 0 Å². The second-order valence-electron chi connectivity index (χ2n) is 5.49. The van der Waals surface area contributed by atoms with Gasteiger partial charge >= 0.3 is 0 Å². The molecule has 0 saturated carbocycles. The lowest BCUT2D eigenvalue weighted by Gasteiger charge is -2.32. The summed E-state index contributed by atoms with van der Waals surface area (Å²) >= 11 is 0. The fourth-order valence-corrected chi connectivity index (χ4v) is 1.80. The molecule has 1 heterocycles. The van der Waals surface area contributed by atoms with E-state index in [0.717, 1.165) is 0 Å². The van der Waals surface area contributed by atoms with E-state index in [1.807, 2.05) is 27.7 Å². The lowest BCUT2D eigenvalue weighted by Crippen LogP contribution is -2.52. The number of rotatable bonds is 2. The van der Waals surface area contributed by atoms with Crippen LogP contribution in [0.1, 0.15) is 40.5 Å². The molecule has 16 heavy (non-hydrogen) atoms. The number of nitrogens with zero attached hydrogens (tertiary/aromatic N) is 1. The zero-order valence-corrected chi connectivity index (χ0v) is 10.7. The molecule has 92 valence electrons. The third-order valence-corrected chi connectivity index (χ3v) is 2.78. The first-order valence-corrected chi connectivity index (χ1v) is 5.87. The molecule has 4 heteroatoms. The molecule has 1 N–H and O–H groups in total. The summed E-state index contributed by atoms with van der Waals surface area (Å²) in [6.07, 6.45) is 1.15. The van der Waals surface area contributed by atoms with Crippen LogP contribution in [0.25, 0.3) is 0 Å². The van der Waals surface area contributed by atoms with Gasteiger partial charge in [-0.2, -0.15) is 0 Å². The van der Waals surface area contributed by atoms with E-state index in [1.165, 1.54) is 0 Å². The van der Waals surface area contributed by atoms with Gasteiger partial charge in [0.2, 0.25) is 5.91 Å². The molecule has 0 aromatic rings. The monoisotopic (exact) mass is 226 g/mol. The average Bonchev–Trinajstić information content (AvgIpc) is 2.15. The molecule has 0 radical (unpaired) electrons. The Morgan fingerprint density at radius 1 is 1.31 bits per heavy atom. The van der Waals surface area contributed by atoms with Crippen LogP contribution < -0.4 is 5.32 Å².